The van der Waals surface area contributed by atoms with Gasteiger partial charge in [0.05, 0.1) is 12.2 Å². The molecule has 0 heterocycles. The molecule has 0 aliphatic heterocycles. The van der Waals surface area contributed by atoms with Gasteiger partial charge in [-0.05, 0) is 30.4 Å². The fraction of sp³-hybridized carbons (Fsp3) is 0.571. The maximum absolute atomic E-state index is 9.92. The minimum Gasteiger partial charge on any atom is -0.389 e. The van der Waals surface area contributed by atoms with E-state index in [1.807, 2.05) is 0 Å². The molecule has 1 aliphatic rings. The highest BCUT2D eigenvalue weighted by atomic mass is 16.5. The standard InChI is InChI=1S/C14H21NO2/c1-17-10-13-5-3-12(4-6-13)9-15-11-14(16)7-2-8-14/h3-6,15-16H,2,7-11H2,1H3. The van der Waals surface area contributed by atoms with Crippen LogP contribution in [0.2, 0.25) is 0 Å². The Morgan fingerprint density at radius 2 is 1.88 bits per heavy atom. The molecule has 0 aromatic heterocycles. The molecule has 2 N–H and O–H groups in total. The van der Waals surface area contributed by atoms with Crippen molar-refractivity contribution in [2.45, 2.75) is 38.0 Å². The first-order chi connectivity index (χ1) is 8.22. The van der Waals surface area contributed by atoms with Crippen molar-refractivity contribution in [3.8, 4) is 0 Å². The van der Waals surface area contributed by atoms with Crippen molar-refractivity contribution in [3.05, 3.63) is 35.4 Å². The minimum absolute atomic E-state index is 0.435. The van der Waals surface area contributed by atoms with Gasteiger partial charge in [-0.15, -0.1) is 0 Å². The van der Waals surface area contributed by atoms with Gasteiger partial charge in [-0.2, -0.15) is 0 Å². The van der Waals surface area contributed by atoms with Crippen molar-refractivity contribution < 1.29 is 9.84 Å². The molecule has 1 aromatic carbocycles. The Bertz CT molecular complexity index is 344. The third-order valence-corrected chi connectivity index (χ3v) is 3.40. The number of benzene rings is 1. The van der Waals surface area contributed by atoms with E-state index in [0.717, 1.165) is 25.8 Å². The molecule has 94 valence electrons. The van der Waals surface area contributed by atoms with E-state index in [0.29, 0.717) is 13.2 Å². The highest BCUT2D eigenvalue weighted by molar-refractivity contribution is 5.21. The molecule has 1 aromatic rings. The monoisotopic (exact) mass is 235 g/mol. The van der Waals surface area contributed by atoms with Crippen molar-refractivity contribution in [1.29, 1.82) is 0 Å². The van der Waals surface area contributed by atoms with Gasteiger partial charge in [-0.3, -0.25) is 0 Å². The van der Waals surface area contributed by atoms with Crippen molar-refractivity contribution in [3.63, 3.8) is 0 Å². The molecule has 0 radical (unpaired) electrons. The van der Waals surface area contributed by atoms with Crippen LogP contribution in [-0.4, -0.2) is 24.4 Å². The van der Waals surface area contributed by atoms with Gasteiger partial charge in [0, 0.05) is 20.2 Å². The number of aliphatic hydroxyl groups is 1. The predicted octanol–water partition coefficient (Wildman–Crippen LogP) is 1.84. The predicted molar refractivity (Wildman–Crippen MR) is 67.7 cm³/mol. The topological polar surface area (TPSA) is 41.5 Å². The zero-order chi connectivity index (χ0) is 12.1. The smallest absolute Gasteiger partial charge is 0.0771 e. The Labute approximate surface area is 103 Å². The summed E-state index contributed by atoms with van der Waals surface area (Å²) in [6, 6.07) is 8.37. The lowest BCUT2D eigenvalue weighted by atomic mass is 9.80. The van der Waals surface area contributed by atoms with Gasteiger partial charge in [0.25, 0.3) is 0 Å². The number of nitrogens with one attached hydrogen (secondary N) is 1. The maximum atomic E-state index is 9.92. The fourth-order valence-electron chi connectivity index (χ4n) is 2.12. The Hall–Kier alpha value is -0.900. The summed E-state index contributed by atoms with van der Waals surface area (Å²) < 4.78 is 5.07. The van der Waals surface area contributed by atoms with E-state index in [2.05, 4.69) is 29.6 Å². The molecule has 3 heteroatoms. The molecule has 0 bridgehead atoms. The van der Waals surface area contributed by atoms with E-state index in [-0.39, 0.29) is 0 Å². The van der Waals surface area contributed by atoms with Crippen LogP contribution in [0.4, 0.5) is 0 Å². The summed E-state index contributed by atoms with van der Waals surface area (Å²) >= 11 is 0. The van der Waals surface area contributed by atoms with Gasteiger partial charge in [-0.1, -0.05) is 24.3 Å². The largest absolute Gasteiger partial charge is 0.389 e. The Morgan fingerprint density at radius 1 is 1.24 bits per heavy atom. The first-order valence-corrected chi connectivity index (χ1v) is 6.22. The first-order valence-electron chi connectivity index (χ1n) is 6.22. The van der Waals surface area contributed by atoms with Crippen molar-refractivity contribution in [1.82, 2.24) is 5.32 Å². The Balaban J connectivity index is 1.75. The molecule has 17 heavy (non-hydrogen) atoms. The molecule has 0 atom stereocenters. The lowest BCUT2D eigenvalue weighted by molar-refractivity contribution is -0.0314. The van der Waals surface area contributed by atoms with Crippen LogP contribution >= 0.6 is 0 Å². The Morgan fingerprint density at radius 3 is 2.41 bits per heavy atom. The van der Waals surface area contributed by atoms with Crippen LogP contribution in [-0.2, 0) is 17.9 Å². The quantitative estimate of drug-likeness (QED) is 0.790. The van der Waals surface area contributed by atoms with Crippen LogP contribution in [0.5, 0.6) is 0 Å². The van der Waals surface area contributed by atoms with E-state index in [1.165, 1.54) is 11.1 Å². The van der Waals surface area contributed by atoms with E-state index < -0.39 is 5.60 Å². The van der Waals surface area contributed by atoms with Crippen LogP contribution in [0.15, 0.2) is 24.3 Å². The summed E-state index contributed by atoms with van der Waals surface area (Å²) in [6.07, 6.45) is 3.03. The molecule has 3 nitrogen and oxygen atoms in total. The second-order valence-corrected chi connectivity index (χ2v) is 4.93. The number of ether oxygens (including phenoxy) is 1. The lowest BCUT2D eigenvalue weighted by Crippen LogP contribution is -2.45. The molecule has 1 aliphatic carbocycles. The summed E-state index contributed by atoms with van der Waals surface area (Å²) in [5.74, 6) is 0. The zero-order valence-corrected chi connectivity index (χ0v) is 10.4. The molecular weight excluding hydrogens is 214 g/mol. The number of methoxy groups -OCH3 is 1. The molecule has 0 unspecified atom stereocenters. The molecular formula is C14H21NO2. The molecule has 0 amide bonds. The summed E-state index contributed by atoms with van der Waals surface area (Å²) in [4.78, 5) is 0. The van der Waals surface area contributed by atoms with E-state index in [4.69, 9.17) is 4.74 Å². The summed E-state index contributed by atoms with van der Waals surface area (Å²) in [5.41, 5.74) is 2.00. The van der Waals surface area contributed by atoms with Gasteiger partial charge in [0.2, 0.25) is 0 Å². The van der Waals surface area contributed by atoms with Crippen molar-refractivity contribution in [2.24, 2.45) is 0 Å². The maximum Gasteiger partial charge on any atom is 0.0771 e. The van der Waals surface area contributed by atoms with Crippen LogP contribution in [0.1, 0.15) is 30.4 Å². The van der Waals surface area contributed by atoms with Crippen LogP contribution in [0, 0.1) is 0 Å². The van der Waals surface area contributed by atoms with Gasteiger partial charge in [0.15, 0.2) is 0 Å². The zero-order valence-electron chi connectivity index (χ0n) is 10.4. The molecule has 1 saturated carbocycles. The molecule has 2 rings (SSSR count). The third-order valence-electron chi connectivity index (χ3n) is 3.40. The minimum atomic E-state index is -0.435. The van der Waals surface area contributed by atoms with Gasteiger partial charge in [-0.25, -0.2) is 0 Å². The van der Waals surface area contributed by atoms with Crippen LogP contribution in [0.25, 0.3) is 0 Å². The highest BCUT2D eigenvalue weighted by Gasteiger charge is 2.33. The van der Waals surface area contributed by atoms with Gasteiger partial charge < -0.3 is 15.2 Å². The summed E-state index contributed by atoms with van der Waals surface area (Å²) in [6.45, 7) is 2.18. The van der Waals surface area contributed by atoms with E-state index in [1.54, 1.807) is 7.11 Å². The molecule has 0 spiro atoms. The fourth-order valence-corrected chi connectivity index (χ4v) is 2.12. The van der Waals surface area contributed by atoms with Gasteiger partial charge >= 0.3 is 0 Å². The Kier molecular flexibility index (Phi) is 4.15. The average Bonchev–Trinajstić information content (AvgIpc) is 2.30. The number of hydrogen-bond acceptors (Lipinski definition) is 3. The SMILES string of the molecule is COCc1ccc(CNCC2(O)CCC2)cc1. The van der Waals surface area contributed by atoms with Crippen molar-refractivity contribution in [2.75, 3.05) is 13.7 Å². The first kappa shape index (κ1) is 12.6. The van der Waals surface area contributed by atoms with Crippen LogP contribution in [0.3, 0.4) is 0 Å². The van der Waals surface area contributed by atoms with E-state index in [9.17, 15) is 5.11 Å². The number of rotatable bonds is 6. The molecule has 1 fully saturated rings. The molecule has 0 saturated heterocycles. The second kappa shape index (κ2) is 5.63. The summed E-state index contributed by atoms with van der Waals surface area (Å²) in [7, 11) is 1.70. The summed E-state index contributed by atoms with van der Waals surface area (Å²) in [5, 5.41) is 13.2. The normalized spacial score (nSPS) is 17.8. The number of hydrogen-bond donors (Lipinski definition) is 2. The van der Waals surface area contributed by atoms with Crippen molar-refractivity contribution >= 4 is 0 Å². The van der Waals surface area contributed by atoms with E-state index >= 15 is 0 Å². The average molecular weight is 235 g/mol. The highest BCUT2D eigenvalue weighted by Crippen LogP contribution is 2.30. The second-order valence-electron chi connectivity index (χ2n) is 4.93. The van der Waals surface area contributed by atoms with Crippen LogP contribution < -0.4 is 5.32 Å². The third kappa shape index (κ3) is 3.53. The van der Waals surface area contributed by atoms with Gasteiger partial charge in [0.1, 0.15) is 0 Å². The lowest BCUT2D eigenvalue weighted by Gasteiger charge is -2.36.